The van der Waals surface area contributed by atoms with Gasteiger partial charge in [-0.1, -0.05) is 6.07 Å². The minimum absolute atomic E-state index is 0.269. The van der Waals surface area contributed by atoms with Gasteiger partial charge >= 0.3 is 7.12 Å². The number of hydrogen-bond donors (Lipinski definition) is 0. The van der Waals surface area contributed by atoms with E-state index in [0.717, 1.165) is 5.56 Å². The number of halogens is 1. The van der Waals surface area contributed by atoms with Crippen molar-refractivity contribution in [1.82, 2.24) is 0 Å². The molecular weight excluding hydrogens is 170 g/mol. The van der Waals surface area contributed by atoms with Crippen molar-refractivity contribution in [3.63, 3.8) is 0 Å². The van der Waals surface area contributed by atoms with Crippen LogP contribution in [0.3, 0.4) is 0 Å². The quantitative estimate of drug-likeness (QED) is 0.652. The summed E-state index contributed by atoms with van der Waals surface area (Å²) >= 11 is 0. The Morgan fingerprint density at radius 1 is 1.15 bits per heavy atom. The molecule has 1 aromatic rings. The molecule has 0 aromatic heterocycles. The lowest BCUT2D eigenvalue weighted by Gasteiger charge is -2.09. The van der Waals surface area contributed by atoms with E-state index in [9.17, 15) is 4.39 Å². The molecule has 1 aromatic carbocycles. The van der Waals surface area contributed by atoms with E-state index in [1.807, 2.05) is 13.0 Å². The van der Waals surface area contributed by atoms with E-state index in [4.69, 9.17) is 9.31 Å². The third-order valence-electron chi connectivity index (χ3n) is 1.76. The van der Waals surface area contributed by atoms with Crippen molar-refractivity contribution in [2.75, 3.05) is 14.2 Å². The first-order chi connectivity index (χ1) is 6.17. The monoisotopic (exact) mass is 182 g/mol. The van der Waals surface area contributed by atoms with Gasteiger partial charge in [0, 0.05) is 14.2 Å². The van der Waals surface area contributed by atoms with Crippen LogP contribution in [0.4, 0.5) is 4.39 Å². The average Bonchev–Trinajstić information content (AvgIpc) is 2.04. The molecule has 4 heteroatoms. The predicted molar refractivity (Wildman–Crippen MR) is 50.5 cm³/mol. The fourth-order valence-electron chi connectivity index (χ4n) is 1.27. The number of hydrogen-bond acceptors (Lipinski definition) is 2. The van der Waals surface area contributed by atoms with Gasteiger partial charge in [-0.05, 0) is 30.1 Å². The lowest BCUT2D eigenvalue weighted by molar-refractivity contribution is 0.291. The Morgan fingerprint density at radius 3 is 2.23 bits per heavy atom. The molecule has 0 fully saturated rings. The first-order valence-corrected chi connectivity index (χ1v) is 4.00. The van der Waals surface area contributed by atoms with Crippen LogP contribution < -0.4 is 5.46 Å². The summed E-state index contributed by atoms with van der Waals surface area (Å²) in [6, 6.07) is 4.71. The van der Waals surface area contributed by atoms with E-state index in [1.54, 1.807) is 0 Å². The van der Waals surface area contributed by atoms with E-state index in [0.29, 0.717) is 5.46 Å². The number of rotatable bonds is 3. The predicted octanol–water partition coefficient (Wildman–Crippen LogP) is 1.12. The van der Waals surface area contributed by atoms with Crippen molar-refractivity contribution in [1.29, 1.82) is 0 Å². The summed E-state index contributed by atoms with van der Waals surface area (Å²) < 4.78 is 23.0. The summed E-state index contributed by atoms with van der Waals surface area (Å²) in [6.07, 6.45) is 0. The second-order valence-electron chi connectivity index (χ2n) is 2.87. The van der Waals surface area contributed by atoms with Crippen molar-refractivity contribution < 1.29 is 13.7 Å². The van der Waals surface area contributed by atoms with Crippen molar-refractivity contribution in [3.05, 3.63) is 29.6 Å². The smallest absolute Gasteiger partial charge is 0.410 e. The Hall–Kier alpha value is -0.865. The van der Waals surface area contributed by atoms with Gasteiger partial charge in [-0.15, -0.1) is 0 Å². The van der Waals surface area contributed by atoms with Gasteiger partial charge in [-0.25, -0.2) is 4.39 Å². The molecule has 13 heavy (non-hydrogen) atoms. The molecule has 0 unspecified atom stereocenters. The van der Waals surface area contributed by atoms with Gasteiger partial charge in [-0.3, -0.25) is 0 Å². The lowest BCUT2D eigenvalue weighted by atomic mass is 9.78. The standard InChI is InChI=1S/C9H12BFO2/c1-7-4-8(6-9(11)5-7)10(12-2)13-3/h4-6H,1-3H3. The number of aryl methyl sites for hydroxylation is 1. The molecule has 0 aliphatic rings. The van der Waals surface area contributed by atoms with Crippen LogP contribution in [0.25, 0.3) is 0 Å². The van der Waals surface area contributed by atoms with Crippen molar-refractivity contribution in [3.8, 4) is 0 Å². The molecule has 2 nitrogen and oxygen atoms in total. The van der Waals surface area contributed by atoms with Crippen LogP contribution in [0.1, 0.15) is 5.56 Å². The molecule has 0 aliphatic heterocycles. The van der Waals surface area contributed by atoms with E-state index in [2.05, 4.69) is 0 Å². The molecule has 0 radical (unpaired) electrons. The van der Waals surface area contributed by atoms with Gasteiger partial charge in [0.25, 0.3) is 0 Å². The van der Waals surface area contributed by atoms with Crippen molar-refractivity contribution in [2.45, 2.75) is 6.92 Å². The Morgan fingerprint density at radius 2 is 1.77 bits per heavy atom. The normalized spacial score (nSPS) is 10.2. The van der Waals surface area contributed by atoms with Crippen LogP contribution >= 0.6 is 0 Å². The van der Waals surface area contributed by atoms with Gasteiger partial charge in [-0.2, -0.15) is 0 Å². The van der Waals surface area contributed by atoms with Crippen LogP contribution in [-0.2, 0) is 9.31 Å². The van der Waals surface area contributed by atoms with Gasteiger partial charge in [0.1, 0.15) is 5.82 Å². The van der Waals surface area contributed by atoms with E-state index < -0.39 is 7.12 Å². The first-order valence-electron chi connectivity index (χ1n) is 4.00. The van der Waals surface area contributed by atoms with Crippen molar-refractivity contribution >= 4 is 12.6 Å². The number of benzene rings is 1. The zero-order chi connectivity index (χ0) is 9.84. The Kier molecular flexibility index (Phi) is 3.45. The van der Waals surface area contributed by atoms with Crippen LogP contribution in [0.15, 0.2) is 18.2 Å². The SMILES string of the molecule is COB(OC)c1cc(C)cc(F)c1. The Balaban J connectivity index is 2.99. The second-order valence-corrected chi connectivity index (χ2v) is 2.87. The van der Waals surface area contributed by atoms with E-state index >= 15 is 0 Å². The van der Waals surface area contributed by atoms with Crippen LogP contribution in [0.5, 0.6) is 0 Å². The average molecular weight is 182 g/mol. The lowest BCUT2D eigenvalue weighted by Crippen LogP contribution is -2.35. The highest BCUT2D eigenvalue weighted by atomic mass is 19.1. The highest BCUT2D eigenvalue weighted by molar-refractivity contribution is 6.61. The fourth-order valence-corrected chi connectivity index (χ4v) is 1.27. The molecule has 0 saturated carbocycles. The largest absolute Gasteiger partial charge is 0.493 e. The van der Waals surface area contributed by atoms with E-state index in [1.165, 1.54) is 26.4 Å². The topological polar surface area (TPSA) is 18.5 Å². The maximum atomic E-state index is 12.9. The highest BCUT2D eigenvalue weighted by Crippen LogP contribution is 2.01. The molecular formula is C9H12BFO2. The molecule has 0 saturated heterocycles. The Labute approximate surface area is 77.8 Å². The summed E-state index contributed by atoms with van der Waals surface area (Å²) in [5, 5.41) is 0. The molecule has 0 amide bonds. The summed E-state index contributed by atoms with van der Waals surface area (Å²) in [6.45, 7) is 1.83. The summed E-state index contributed by atoms with van der Waals surface area (Å²) in [5.41, 5.74) is 1.55. The minimum Gasteiger partial charge on any atom is -0.410 e. The van der Waals surface area contributed by atoms with Gasteiger partial charge in [0.05, 0.1) is 0 Å². The zero-order valence-corrected chi connectivity index (χ0v) is 8.00. The van der Waals surface area contributed by atoms with Crippen LogP contribution in [0, 0.1) is 12.7 Å². The maximum Gasteiger partial charge on any atom is 0.493 e. The van der Waals surface area contributed by atoms with Gasteiger partial charge < -0.3 is 9.31 Å². The molecule has 0 atom stereocenters. The minimum atomic E-state index is -0.491. The first kappa shape index (κ1) is 10.2. The molecule has 1 rings (SSSR count). The molecule has 0 spiro atoms. The second kappa shape index (κ2) is 4.39. The van der Waals surface area contributed by atoms with Crippen molar-refractivity contribution in [2.24, 2.45) is 0 Å². The summed E-state index contributed by atoms with van der Waals surface area (Å²) in [5.74, 6) is -0.269. The molecule has 70 valence electrons. The third-order valence-corrected chi connectivity index (χ3v) is 1.76. The molecule has 0 aliphatic carbocycles. The highest BCUT2D eigenvalue weighted by Gasteiger charge is 2.18. The molecule has 0 bridgehead atoms. The third kappa shape index (κ3) is 2.54. The van der Waals surface area contributed by atoms with Gasteiger partial charge in [0.2, 0.25) is 0 Å². The Bertz CT molecular complexity index is 267. The van der Waals surface area contributed by atoms with Crippen LogP contribution in [-0.4, -0.2) is 21.3 Å². The summed E-state index contributed by atoms with van der Waals surface area (Å²) in [7, 11) is 2.55. The van der Waals surface area contributed by atoms with E-state index in [-0.39, 0.29) is 5.82 Å². The molecule has 0 heterocycles. The maximum absolute atomic E-state index is 12.9. The zero-order valence-electron chi connectivity index (χ0n) is 8.00. The van der Waals surface area contributed by atoms with Gasteiger partial charge in [0.15, 0.2) is 0 Å². The fraction of sp³-hybridized carbons (Fsp3) is 0.333. The molecule has 0 N–H and O–H groups in total. The summed E-state index contributed by atoms with van der Waals surface area (Å²) in [4.78, 5) is 0. The van der Waals surface area contributed by atoms with Crippen LogP contribution in [0.2, 0.25) is 0 Å².